The van der Waals surface area contributed by atoms with E-state index in [4.69, 9.17) is 17.1 Å². The van der Waals surface area contributed by atoms with Gasteiger partial charge < -0.3 is 9.47 Å². The lowest BCUT2D eigenvalue weighted by Gasteiger charge is -2.28. The van der Waals surface area contributed by atoms with E-state index in [2.05, 4.69) is 10.0 Å². The van der Waals surface area contributed by atoms with E-state index < -0.39 is 29.1 Å². The zero-order valence-electron chi connectivity index (χ0n) is 19.8. The first kappa shape index (κ1) is 26.8. The zero-order chi connectivity index (χ0) is 26.7. The van der Waals surface area contributed by atoms with E-state index in [9.17, 15) is 22.8 Å². The highest BCUT2D eigenvalue weighted by molar-refractivity contribution is 6.30. The summed E-state index contributed by atoms with van der Waals surface area (Å²) in [6, 6.07) is 15.6. The molecule has 0 fully saturated rings. The number of benzene rings is 2. The zero-order valence-corrected chi connectivity index (χ0v) is 20.5. The normalized spacial score (nSPS) is 11.6. The number of aromatic nitrogens is 1. The maximum absolute atomic E-state index is 14.2. The Morgan fingerprint density at radius 2 is 1.69 bits per heavy atom. The highest BCUT2D eigenvalue weighted by atomic mass is 35.5. The summed E-state index contributed by atoms with van der Waals surface area (Å²) in [6.07, 6.45) is -4.75. The summed E-state index contributed by atoms with van der Waals surface area (Å²) in [7, 11) is 1.38. The van der Waals surface area contributed by atoms with Crippen molar-refractivity contribution in [3.63, 3.8) is 0 Å². The van der Waals surface area contributed by atoms with Gasteiger partial charge in [0.15, 0.2) is 0 Å². The van der Waals surface area contributed by atoms with Gasteiger partial charge in [-0.05, 0) is 40.0 Å². The largest absolute Gasteiger partial charge is 0.431 e. The van der Waals surface area contributed by atoms with E-state index in [1.807, 2.05) is 0 Å². The molecule has 1 heterocycles. The highest BCUT2D eigenvalue weighted by Crippen LogP contribution is 2.38. The fourth-order valence-corrected chi connectivity index (χ4v) is 4.01. The molecule has 0 aliphatic rings. The Kier molecular flexibility index (Phi) is 7.81. The Morgan fingerprint density at radius 1 is 1.08 bits per heavy atom. The molecule has 2 amide bonds. The minimum atomic E-state index is -4.75. The molecular formula is C25H23ClF3N5O2. The lowest BCUT2D eigenvalue weighted by Crippen LogP contribution is -2.40. The summed E-state index contributed by atoms with van der Waals surface area (Å²) in [5, 5.41) is 3.49. The SMILES string of the molecule is CN(CC(C)(C)C(=O)N=[N+]=[N-])C(=O)c1c(-c2ccc(Cl)cc2)cc(C(F)(F)F)n1Cc1ccccc1. The van der Waals surface area contributed by atoms with Gasteiger partial charge >= 0.3 is 6.18 Å². The van der Waals surface area contributed by atoms with Crippen molar-refractivity contribution >= 4 is 23.4 Å². The number of carbonyl (C=O) groups excluding carboxylic acids is 2. The molecule has 36 heavy (non-hydrogen) atoms. The number of azide groups is 1. The second-order valence-corrected chi connectivity index (χ2v) is 9.34. The smallest absolute Gasteiger partial charge is 0.339 e. The predicted octanol–water partition coefficient (Wildman–Crippen LogP) is 6.81. The maximum Gasteiger partial charge on any atom is 0.431 e. The molecule has 11 heteroatoms. The van der Waals surface area contributed by atoms with Gasteiger partial charge in [0.25, 0.3) is 5.91 Å². The predicted molar refractivity (Wildman–Crippen MR) is 130 cm³/mol. The number of amides is 2. The highest BCUT2D eigenvalue weighted by Gasteiger charge is 2.39. The van der Waals surface area contributed by atoms with Gasteiger partial charge in [-0.2, -0.15) is 13.2 Å². The maximum atomic E-state index is 14.2. The molecule has 2 aromatic carbocycles. The molecule has 0 atom stereocenters. The molecule has 0 saturated heterocycles. The van der Waals surface area contributed by atoms with Gasteiger partial charge in [-0.25, -0.2) is 0 Å². The molecule has 188 valence electrons. The van der Waals surface area contributed by atoms with Gasteiger partial charge in [0, 0.05) is 41.0 Å². The van der Waals surface area contributed by atoms with E-state index in [0.717, 1.165) is 15.5 Å². The van der Waals surface area contributed by atoms with Crippen molar-refractivity contribution in [3.05, 3.63) is 93.1 Å². The second kappa shape index (κ2) is 10.5. The number of hydrogen-bond donors (Lipinski definition) is 0. The van der Waals surface area contributed by atoms with Crippen LogP contribution in [0.15, 0.2) is 65.8 Å². The van der Waals surface area contributed by atoms with Crippen molar-refractivity contribution < 1.29 is 22.8 Å². The third kappa shape index (κ3) is 5.90. The topological polar surface area (TPSA) is 91.1 Å². The molecule has 3 aromatic rings. The average Bonchev–Trinajstić information content (AvgIpc) is 3.19. The number of carbonyl (C=O) groups is 2. The summed E-state index contributed by atoms with van der Waals surface area (Å²) < 4.78 is 43.5. The van der Waals surface area contributed by atoms with Crippen LogP contribution in [0.2, 0.25) is 5.02 Å². The molecule has 0 unspecified atom stereocenters. The van der Waals surface area contributed by atoms with Crippen molar-refractivity contribution in [2.45, 2.75) is 26.6 Å². The van der Waals surface area contributed by atoms with Crippen LogP contribution < -0.4 is 0 Å². The molecular weight excluding hydrogens is 495 g/mol. The molecule has 0 spiro atoms. The summed E-state index contributed by atoms with van der Waals surface area (Å²) >= 11 is 5.97. The van der Waals surface area contributed by atoms with Crippen LogP contribution in [0.4, 0.5) is 13.2 Å². The lowest BCUT2D eigenvalue weighted by molar-refractivity contribution is -0.143. The number of nitrogens with zero attached hydrogens (tertiary/aromatic N) is 5. The summed E-state index contributed by atoms with van der Waals surface area (Å²) in [5.74, 6) is -1.52. The van der Waals surface area contributed by atoms with Crippen molar-refractivity contribution in [1.82, 2.24) is 9.47 Å². The third-order valence-corrected chi connectivity index (χ3v) is 5.87. The van der Waals surface area contributed by atoms with Crippen molar-refractivity contribution in [1.29, 1.82) is 0 Å². The van der Waals surface area contributed by atoms with Crippen LogP contribution in [0.25, 0.3) is 21.6 Å². The fourth-order valence-electron chi connectivity index (χ4n) is 3.88. The first-order chi connectivity index (χ1) is 16.8. The van der Waals surface area contributed by atoms with Crippen molar-refractivity contribution in [2.75, 3.05) is 13.6 Å². The molecule has 1 aromatic heterocycles. The van der Waals surface area contributed by atoms with Crippen LogP contribution in [0, 0.1) is 5.41 Å². The van der Waals surface area contributed by atoms with E-state index in [1.165, 1.54) is 45.2 Å². The molecule has 0 aliphatic heterocycles. The Bertz CT molecular complexity index is 1310. The number of alkyl halides is 3. The van der Waals surface area contributed by atoms with Gasteiger partial charge in [-0.3, -0.25) is 9.59 Å². The van der Waals surface area contributed by atoms with Crippen molar-refractivity contribution in [2.24, 2.45) is 10.5 Å². The van der Waals surface area contributed by atoms with Gasteiger partial charge in [-0.15, -0.1) is 0 Å². The van der Waals surface area contributed by atoms with Crippen LogP contribution in [0.5, 0.6) is 0 Å². The minimum absolute atomic E-state index is 0.0750. The van der Waals surface area contributed by atoms with Crippen LogP contribution in [-0.4, -0.2) is 34.9 Å². The molecule has 0 aliphatic carbocycles. The Balaban J connectivity index is 2.20. The standard InChI is InChI=1S/C25H23ClF3N5O2/c1-24(2,23(36)31-32-30)15-33(3)22(35)21-19(17-9-11-18(26)12-10-17)13-20(25(27,28)29)34(21)14-16-7-5-4-6-8-16/h4-13H,14-15H2,1-3H3. The fraction of sp³-hybridized carbons (Fsp3) is 0.280. The quantitative estimate of drug-likeness (QED) is 0.196. The second-order valence-electron chi connectivity index (χ2n) is 8.91. The van der Waals surface area contributed by atoms with E-state index in [-0.39, 0.29) is 24.3 Å². The average molecular weight is 518 g/mol. The number of hydrogen-bond acceptors (Lipinski definition) is 2. The molecule has 0 radical (unpaired) electrons. The Hall–Kier alpha value is -3.75. The first-order valence-electron chi connectivity index (χ1n) is 10.8. The minimum Gasteiger partial charge on any atom is -0.339 e. The van der Waals surface area contributed by atoms with Gasteiger partial charge in [0.05, 0.1) is 0 Å². The van der Waals surface area contributed by atoms with Gasteiger partial charge in [-0.1, -0.05) is 67.9 Å². The van der Waals surface area contributed by atoms with Crippen LogP contribution >= 0.6 is 11.6 Å². The van der Waals surface area contributed by atoms with E-state index in [0.29, 0.717) is 16.1 Å². The summed E-state index contributed by atoms with van der Waals surface area (Å²) in [5.41, 5.74) is 7.17. The number of rotatable bonds is 7. The van der Waals surface area contributed by atoms with Gasteiger partial charge in [0.1, 0.15) is 11.4 Å². The molecule has 0 bridgehead atoms. The monoisotopic (exact) mass is 517 g/mol. The molecule has 7 nitrogen and oxygen atoms in total. The summed E-state index contributed by atoms with van der Waals surface area (Å²) in [4.78, 5) is 29.6. The van der Waals surface area contributed by atoms with Gasteiger partial charge in [0.2, 0.25) is 5.91 Å². The Labute approximate surface area is 210 Å². The van der Waals surface area contributed by atoms with Crippen LogP contribution in [0.1, 0.15) is 35.6 Å². The van der Waals surface area contributed by atoms with E-state index in [1.54, 1.807) is 30.3 Å². The molecule has 0 saturated carbocycles. The summed E-state index contributed by atoms with van der Waals surface area (Å²) in [6.45, 7) is 2.57. The number of halogens is 4. The lowest BCUT2D eigenvalue weighted by atomic mass is 9.92. The molecule has 3 rings (SSSR count). The van der Waals surface area contributed by atoms with Crippen molar-refractivity contribution in [3.8, 4) is 11.1 Å². The van der Waals surface area contributed by atoms with Crippen LogP contribution in [-0.2, 0) is 17.5 Å². The van der Waals surface area contributed by atoms with E-state index >= 15 is 0 Å². The first-order valence-corrected chi connectivity index (χ1v) is 11.2. The molecule has 0 N–H and O–H groups in total. The third-order valence-electron chi connectivity index (χ3n) is 5.62. The Morgan fingerprint density at radius 3 is 2.25 bits per heavy atom. The van der Waals surface area contributed by atoms with Crippen LogP contribution in [0.3, 0.4) is 0 Å².